The van der Waals surface area contributed by atoms with Crippen LogP contribution in [0.25, 0.3) is 11.4 Å². The van der Waals surface area contributed by atoms with Crippen LogP contribution in [-0.2, 0) is 0 Å². The van der Waals surface area contributed by atoms with Gasteiger partial charge in [-0.3, -0.25) is 20.0 Å². The molecule has 2 heterocycles. The van der Waals surface area contributed by atoms with Crippen LogP contribution in [0.1, 0.15) is 10.5 Å². The van der Waals surface area contributed by atoms with Gasteiger partial charge in [0, 0.05) is 11.6 Å². The number of H-pyrrole nitrogens is 2. The fourth-order valence-corrected chi connectivity index (χ4v) is 1.95. The fourth-order valence-electron chi connectivity index (χ4n) is 1.73. The first-order valence-electron chi connectivity index (χ1n) is 6.18. The lowest BCUT2D eigenvalue weighted by atomic mass is 10.2. The zero-order valence-corrected chi connectivity index (χ0v) is 11.8. The van der Waals surface area contributed by atoms with E-state index in [1.54, 1.807) is 18.2 Å². The van der Waals surface area contributed by atoms with Crippen LogP contribution in [0.4, 0.5) is 5.95 Å². The van der Waals surface area contributed by atoms with Crippen LogP contribution in [0.2, 0.25) is 5.02 Å². The minimum Gasteiger partial charge on any atom is -0.288 e. The summed E-state index contributed by atoms with van der Waals surface area (Å²) in [5.74, 6) is -0.0378. The molecule has 9 heteroatoms. The smallest absolute Gasteiger partial charge is 0.278 e. The number of rotatable bonds is 3. The largest absolute Gasteiger partial charge is 0.288 e. The maximum Gasteiger partial charge on any atom is 0.278 e. The standard InChI is InChI=1S/C13H9ClN6O2/c14-8-4-2-1-3-7(8)11-15-13(20-19-11)16-12(22)9-5-6-10(21)18-17-9/h1-6H,(H,18,21)(H2,15,16,19,20,22). The third-order valence-corrected chi connectivity index (χ3v) is 3.08. The van der Waals surface area contributed by atoms with Crippen molar-refractivity contribution < 1.29 is 4.79 Å². The monoisotopic (exact) mass is 316 g/mol. The molecule has 1 aromatic carbocycles. The number of anilines is 1. The van der Waals surface area contributed by atoms with E-state index in [4.69, 9.17) is 11.6 Å². The van der Waals surface area contributed by atoms with E-state index < -0.39 is 11.5 Å². The zero-order valence-electron chi connectivity index (χ0n) is 11.0. The molecule has 8 nitrogen and oxygen atoms in total. The molecule has 0 unspecified atom stereocenters. The number of nitrogens with zero attached hydrogens (tertiary/aromatic N) is 3. The summed E-state index contributed by atoms with van der Waals surface area (Å²) in [7, 11) is 0. The van der Waals surface area contributed by atoms with Crippen molar-refractivity contribution in [3.05, 3.63) is 57.5 Å². The number of nitrogens with one attached hydrogen (secondary N) is 3. The van der Waals surface area contributed by atoms with E-state index in [0.717, 1.165) is 0 Å². The summed E-state index contributed by atoms with van der Waals surface area (Å²) in [6.07, 6.45) is 0. The minimum atomic E-state index is -0.541. The zero-order chi connectivity index (χ0) is 15.5. The SMILES string of the molecule is O=C(Nc1n[nH]c(-c2ccccc2Cl)n1)c1ccc(=O)[nH]n1. The normalized spacial score (nSPS) is 10.4. The second kappa shape index (κ2) is 5.78. The molecule has 3 rings (SSSR count). The van der Waals surface area contributed by atoms with Gasteiger partial charge < -0.3 is 0 Å². The molecule has 110 valence electrons. The predicted molar refractivity (Wildman–Crippen MR) is 79.6 cm³/mol. The third kappa shape index (κ3) is 2.86. The van der Waals surface area contributed by atoms with Crippen LogP contribution in [0.5, 0.6) is 0 Å². The quantitative estimate of drug-likeness (QED) is 0.676. The van der Waals surface area contributed by atoms with E-state index in [1.807, 2.05) is 6.07 Å². The number of carbonyl (C=O) groups is 1. The van der Waals surface area contributed by atoms with E-state index in [2.05, 4.69) is 30.7 Å². The number of hydrogen-bond donors (Lipinski definition) is 3. The van der Waals surface area contributed by atoms with Crippen molar-refractivity contribution in [3.8, 4) is 11.4 Å². The molecule has 0 saturated carbocycles. The van der Waals surface area contributed by atoms with Crippen LogP contribution in [0.3, 0.4) is 0 Å². The highest BCUT2D eigenvalue weighted by Gasteiger charge is 2.13. The molecule has 0 radical (unpaired) electrons. The lowest BCUT2D eigenvalue weighted by molar-refractivity contribution is 0.102. The molecule has 3 N–H and O–H groups in total. The average Bonchev–Trinajstić information content (AvgIpc) is 2.96. The van der Waals surface area contributed by atoms with E-state index >= 15 is 0 Å². The third-order valence-electron chi connectivity index (χ3n) is 2.75. The molecule has 0 aliphatic carbocycles. The molecular formula is C13H9ClN6O2. The van der Waals surface area contributed by atoms with E-state index in [9.17, 15) is 9.59 Å². The van der Waals surface area contributed by atoms with E-state index in [-0.39, 0.29) is 11.6 Å². The lowest BCUT2D eigenvalue weighted by Gasteiger charge is -1.99. The molecule has 0 aliphatic heterocycles. The van der Waals surface area contributed by atoms with Crippen molar-refractivity contribution in [2.75, 3.05) is 5.32 Å². The van der Waals surface area contributed by atoms with Crippen molar-refractivity contribution in [1.82, 2.24) is 25.4 Å². The Hall–Kier alpha value is -3.00. The summed E-state index contributed by atoms with van der Waals surface area (Å²) in [6.45, 7) is 0. The van der Waals surface area contributed by atoms with E-state index in [0.29, 0.717) is 16.4 Å². The first-order chi connectivity index (χ1) is 10.6. The molecule has 1 amide bonds. The molecule has 0 saturated heterocycles. The minimum absolute atomic E-state index is 0.0451. The molecule has 3 aromatic rings. The van der Waals surface area contributed by atoms with Gasteiger partial charge in [-0.1, -0.05) is 23.7 Å². The van der Waals surface area contributed by atoms with Crippen molar-refractivity contribution in [2.45, 2.75) is 0 Å². The van der Waals surface area contributed by atoms with Crippen LogP contribution >= 0.6 is 11.6 Å². The lowest BCUT2D eigenvalue weighted by Crippen LogP contribution is -2.18. The number of aromatic nitrogens is 5. The summed E-state index contributed by atoms with van der Waals surface area (Å²) in [4.78, 5) is 27.0. The first kappa shape index (κ1) is 14.0. The van der Waals surface area contributed by atoms with Gasteiger partial charge in [0.25, 0.3) is 11.5 Å². The van der Waals surface area contributed by atoms with Crippen molar-refractivity contribution >= 4 is 23.5 Å². The van der Waals surface area contributed by atoms with E-state index in [1.165, 1.54) is 12.1 Å². The second-order valence-corrected chi connectivity index (χ2v) is 4.66. The van der Waals surface area contributed by atoms with Crippen LogP contribution in [-0.4, -0.2) is 31.3 Å². The van der Waals surface area contributed by atoms with Gasteiger partial charge in [-0.05, 0) is 18.2 Å². The highest BCUT2D eigenvalue weighted by Crippen LogP contribution is 2.24. The Morgan fingerprint density at radius 1 is 1.09 bits per heavy atom. The van der Waals surface area contributed by atoms with Gasteiger partial charge in [-0.15, -0.1) is 5.10 Å². The number of halogens is 1. The summed E-state index contributed by atoms with van der Waals surface area (Å²) in [6, 6.07) is 9.61. The Morgan fingerprint density at radius 2 is 1.91 bits per heavy atom. The summed E-state index contributed by atoms with van der Waals surface area (Å²) >= 11 is 6.07. The van der Waals surface area contributed by atoms with Crippen LogP contribution in [0.15, 0.2) is 41.2 Å². The van der Waals surface area contributed by atoms with Gasteiger partial charge in [-0.25, -0.2) is 5.10 Å². The molecule has 2 aromatic heterocycles. The van der Waals surface area contributed by atoms with Crippen molar-refractivity contribution in [2.24, 2.45) is 0 Å². The molecule has 0 aliphatic rings. The summed E-state index contributed by atoms with van der Waals surface area (Å²) in [5.41, 5.74) is 0.318. The first-order valence-corrected chi connectivity index (χ1v) is 6.55. The van der Waals surface area contributed by atoms with Gasteiger partial charge in [0.05, 0.1) is 5.02 Å². The second-order valence-electron chi connectivity index (χ2n) is 4.25. The summed E-state index contributed by atoms with van der Waals surface area (Å²) < 4.78 is 0. The Morgan fingerprint density at radius 3 is 2.64 bits per heavy atom. The highest BCUT2D eigenvalue weighted by atomic mass is 35.5. The molecule has 0 bridgehead atoms. The summed E-state index contributed by atoms with van der Waals surface area (Å²) in [5, 5.41) is 15.4. The molecule has 0 atom stereocenters. The number of benzene rings is 1. The Kier molecular flexibility index (Phi) is 3.67. The van der Waals surface area contributed by atoms with Crippen molar-refractivity contribution in [1.29, 1.82) is 0 Å². The van der Waals surface area contributed by atoms with Crippen LogP contribution in [0, 0.1) is 0 Å². The Balaban J connectivity index is 1.80. The number of aromatic amines is 2. The number of carbonyl (C=O) groups excluding carboxylic acids is 1. The topological polar surface area (TPSA) is 116 Å². The average molecular weight is 317 g/mol. The molecule has 22 heavy (non-hydrogen) atoms. The van der Waals surface area contributed by atoms with Gasteiger partial charge in [0.1, 0.15) is 5.69 Å². The van der Waals surface area contributed by atoms with Gasteiger partial charge in [-0.2, -0.15) is 10.1 Å². The highest BCUT2D eigenvalue weighted by molar-refractivity contribution is 6.33. The van der Waals surface area contributed by atoms with Gasteiger partial charge >= 0.3 is 0 Å². The maximum atomic E-state index is 11.9. The Bertz CT molecular complexity index is 867. The fraction of sp³-hybridized carbons (Fsp3) is 0. The maximum absolute atomic E-state index is 11.9. The molecule has 0 fully saturated rings. The Labute approximate surface area is 128 Å². The molecular weight excluding hydrogens is 308 g/mol. The predicted octanol–water partition coefficient (Wildman–Crippen LogP) is 1.46. The van der Waals surface area contributed by atoms with Crippen molar-refractivity contribution in [3.63, 3.8) is 0 Å². The number of hydrogen-bond acceptors (Lipinski definition) is 5. The van der Waals surface area contributed by atoms with Gasteiger partial charge in [0.2, 0.25) is 5.95 Å². The number of amides is 1. The van der Waals surface area contributed by atoms with Gasteiger partial charge in [0.15, 0.2) is 5.82 Å². The van der Waals surface area contributed by atoms with Crippen LogP contribution < -0.4 is 10.9 Å². The molecule has 0 spiro atoms.